The first kappa shape index (κ1) is 13.3. The van der Waals surface area contributed by atoms with Crippen LogP contribution in [0.1, 0.15) is 25.0 Å². The Morgan fingerprint density at radius 2 is 2.35 bits per heavy atom. The second kappa shape index (κ2) is 5.75. The summed E-state index contributed by atoms with van der Waals surface area (Å²) >= 11 is 0. The van der Waals surface area contributed by atoms with E-state index in [4.69, 9.17) is 0 Å². The highest BCUT2D eigenvalue weighted by molar-refractivity contribution is 5.82. The van der Waals surface area contributed by atoms with E-state index in [1.807, 2.05) is 29.2 Å². The summed E-state index contributed by atoms with van der Waals surface area (Å²) in [6, 6.07) is 6.20. The molecule has 2 aliphatic rings. The van der Waals surface area contributed by atoms with Crippen LogP contribution in [0.25, 0.3) is 0 Å². The van der Waals surface area contributed by atoms with Crippen LogP contribution in [0.4, 0.5) is 0 Å². The van der Waals surface area contributed by atoms with Crippen LogP contribution in [0.3, 0.4) is 0 Å². The molecule has 1 aromatic heterocycles. The largest absolute Gasteiger partial charge is 0.335 e. The van der Waals surface area contributed by atoms with Crippen molar-refractivity contribution in [3.05, 3.63) is 42.7 Å². The fourth-order valence-electron chi connectivity index (χ4n) is 3.26. The first-order chi connectivity index (χ1) is 9.78. The average Bonchev–Trinajstić information content (AvgIpc) is 2.59. The predicted molar refractivity (Wildman–Crippen MR) is 77.9 cm³/mol. The summed E-state index contributed by atoms with van der Waals surface area (Å²) in [6.45, 7) is 5.28. The number of carbonyl (C=O) groups excluding carboxylic acids is 1. The lowest BCUT2D eigenvalue weighted by atomic mass is 9.91. The average molecular weight is 271 g/mol. The van der Waals surface area contributed by atoms with Gasteiger partial charge in [-0.1, -0.05) is 12.1 Å². The smallest absolute Gasteiger partial charge is 0.240 e. The number of hydrogen-bond acceptors (Lipinski definition) is 3. The van der Waals surface area contributed by atoms with Crippen molar-refractivity contribution in [3.63, 3.8) is 0 Å². The lowest BCUT2D eigenvalue weighted by Crippen LogP contribution is -2.48. The van der Waals surface area contributed by atoms with Gasteiger partial charge in [-0.25, -0.2) is 0 Å². The van der Waals surface area contributed by atoms with Crippen LogP contribution in [0.2, 0.25) is 0 Å². The second-order valence-corrected chi connectivity index (χ2v) is 5.70. The van der Waals surface area contributed by atoms with Gasteiger partial charge in [0.1, 0.15) is 0 Å². The van der Waals surface area contributed by atoms with Gasteiger partial charge in [-0.05, 0) is 31.4 Å². The zero-order chi connectivity index (χ0) is 13.9. The highest BCUT2D eigenvalue weighted by atomic mass is 16.2. The van der Waals surface area contributed by atoms with Gasteiger partial charge in [-0.2, -0.15) is 0 Å². The first-order valence-electron chi connectivity index (χ1n) is 7.35. The molecule has 3 rings (SSSR count). The Bertz CT molecular complexity index is 488. The number of aromatic nitrogens is 1. The van der Waals surface area contributed by atoms with E-state index in [1.165, 1.54) is 0 Å². The Balaban J connectivity index is 1.81. The van der Waals surface area contributed by atoms with Crippen molar-refractivity contribution in [2.75, 3.05) is 6.54 Å². The third-order valence-corrected chi connectivity index (χ3v) is 4.36. The highest BCUT2D eigenvalue weighted by Gasteiger charge is 2.37. The maximum absolute atomic E-state index is 12.6. The number of fused-ring (bicyclic) bond motifs is 2. The minimum atomic E-state index is -0.0255. The van der Waals surface area contributed by atoms with Gasteiger partial charge in [0.25, 0.3) is 0 Å². The third kappa shape index (κ3) is 2.61. The van der Waals surface area contributed by atoms with Crippen molar-refractivity contribution in [3.8, 4) is 0 Å². The SMILES string of the molecule is C=C[C@@H]1CN(Cc2ccccn2)C(=O)[C@@H]2CCC[C@H]1N2. The van der Waals surface area contributed by atoms with Crippen molar-refractivity contribution in [2.45, 2.75) is 37.9 Å². The summed E-state index contributed by atoms with van der Waals surface area (Å²) in [6.07, 6.45) is 6.97. The maximum Gasteiger partial charge on any atom is 0.240 e. The summed E-state index contributed by atoms with van der Waals surface area (Å²) in [4.78, 5) is 18.9. The molecule has 3 atom stereocenters. The number of carbonyl (C=O) groups is 1. The number of piperidine rings is 1. The summed E-state index contributed by atoms with van der Waals surface area (Å²) in [5, 5.41) is 3.50. The molecule has 0 spiro atoms. The van der Waals surface area contributed by atoms with E-state index < -0.39 is 0 Å². The highest BCUT2D eigenvalue weighted by Crippen LogP contribution is 2.26. The van der Waals surface area contributed by atoms with Crippen LogP contribution in [0.5, 0.6) is 0 Å². The van der Waals surface area contributed by atoms with E-state index in [-0.39, 0.29) is 11.9 Å². The Hall–Kier alpha value is -1.68. The molecule has 1 N–H and O–H groups in total. The van der Waals surface area contributed by atoms with Crippen molar-refractivity contribution in [1.29, 1.82) is 0 Å². The quantitative estimate of drug-likeness (QED) is 0.852. The Morgan fingerprint density at radius 1 is 1.45 bits per heavy atom. The molecule has 20 heavy (non-hydrogen) atoms. The van der Waals surface area contributed by atoms with Crippen molar-refractivity contribution in [1.82, 2.24) is 15.2 Å². The Kier molecular flexibility index (Phi) is 3.83. The molecule has 1 amide bonds. The van der Waals surface area contributed by atoms with Gasteiger partial charge in [0.05, 0.1) is 18.3 Å². The molecule has 106 valence electrons. The molecule has 2 fully saturated rings. The van der Waals surface area contributed by atoms with Crippen LogP contribution < -0.4 is 5.32 Å². The molecule has 2 aliphatic heterocycles. The van der Waals surface area contributed by atoms with Crippen LogP contribution in [0.15, 0.2) is 37.1 Å². The predicted octanol–water partition coefficient (Wildman–Crippen LogP) is 1.74. The van der Waals surface area contributed by atoms with Crippen LogP contribution >= 0.6 is 0 Å². The van der Waals surface area contributed by atoms with Crippen LogP contribution in [0, 0.1) is 5.92 Å². The summed E-state index contributed by atoms with van der Waals surface area (Å²) < 4.78 is 0. The molecule has 3 heterocycles. The standard InChI is InChI=1S/C16H21N3O/c1-2-12-10-19(11-13-6-3-4-9-17-13)16(20)15-8-5-7-14(12)18-15/h2-4,6,9,12,14-15,18H,1,5,7-8,10-11H2/t12-,14-,15+/m1/s1. The lowest BCUT2D eigenvalue weighted by Gasteiger charge is -2.29. The number of hydrogen-bond donors (Lipinski definition) is 1. The number of amides is 1. The first-order valence-corrected chi connectivity index (χ1v) is 7.35. The van der Waals surface area contributed by atoms with Gasteiger partial charge in [0, 0.05) is 24.7 Å². The molecule has 1 aromatic rings. The summed E-state index contributed by atoms with van der Waals surface area (Å²) in [5.74, 6) is 0.540. The fraction of sp³-hybridized carbons (Fsp3) is 0.500. The van der Waals surface area contributed by atoms with E-state index in [0.29, 0.717) is 18.5 Å². The van der Waals surface area contributed by atoms with E-state index >= 15 is 0 Å². The van der Waals surface area contributed by atoms with Crippen LogP contribution in [-0.2, 0) is 11.3 Å². The molecule has 4 heteroatoms. The monoisotopic (exact) mass is 271 g/mol. The van der Waals surface area contributed by atoms with Gasteiger partial charge in [0.15, 0.2) is 0 Å². The molecular formula is C16H21N3O. The molecule has 4 nitrogen and oxygen atoms in total. The van der Waals surface area contributed by atoms with Gasteiger partial charge >= 0.3 is 0 Å². The lowest BCUT2D eigenvalue weighted by molar-refractivity contribution is -0.133. The number of nitrogens with zero attached hydrogens (tertiary/aromatic N) is 2. The second-order valence-electron chi connectivity index (χ2n) is 5.70. The maximum atomic E-state index is 12.6. The third-order valence-electron chi connectivity index (χ3n) is 4.36. The molecule has 0 radical (unpaired) electrons. The zero-order valence-corrected chi connectivity index (χ0v) is 11.7. The van der Waals surface area contributed by atoms with Crippen molar-refractivity contribution >= 4 is 5.91 Å². The van der Waals surface area contributed by atoms with E-state index in [9.17, 15) is 4.79 Å². The molecule has 2 saturated heterocycles. The van der Waals surface area contributed by atoms with Gasteiger partial charge in [0.2, 0.25) is 5.91 Å². The van der Waals surface area contributed by atoms with Gasteiger partial charge in [-0.15, -0.1) is 6.58 Å². The molecule has 0 aromatic carbocycles. The molecule has 0 unspecified atom stereocenters. The number of pyridine rings is 1. The Morgan fingerprint density at radius 3 is 3.10 bits per heavy atom. The number of rotatable bonds is 3. The van der Waals surface area contributed by atoms with E-state index in [2.05, 4.69) is 16.9 Å². The van der Waals surface area contributed by atoms with E-state index in [0.717, 1.165) is 31.5 Å². The van der Waals surface area contributed by atoms with Gasteiger partial charge < -0.3 is 10.2 Å². The number of nitrogens with one attached hydrogen (secondary N) is 1. The molecular weight excluding hydrogens is 250 g/mol. The van der Waals surface area contributed by atoms with Gasteiger partial charge in [-0.3, -0.25) is 9.78 Å². The minimum absolute atomic E-state index is 0.0255. The molecule has 0 aliphatic carbocycles. The summed E-state index contributed by atoms with van der Waals surface area (Å²) in [7, 11) is 0. The fourth-order valence-corrected chi connectivity index (χ4v) is 3.26. The minimum Gasteiger partial charge on any atom is -0.335 e. The zero-order valence-electron chi connectivity index (χ0n) is 11.7. The molecule has 2 bridgehead atoms. The van der Waals surface area contributed by atoms with Crippen LogP contribution in [-0.4, -0.2) is 34.4 Å². The molecule has 0 saturated carbocycles. The Labute approximate surface area is 119 Å². The van der Waals surface area contributed by atoms with Crippen molar-refractivity contribution < 1.29 is 4.79 Å². The van der Waals surface area contributed by atoms with E-state index in [1.54, 1.807) is 6.20 Å². The summed E-state index contributed by atoms with van der Waals surface area (Å²) in [5.41, 5.74) is 0.945. The normalized spacial score (nSPS) is 29.9. The topological polar surface area (TPSA) is 45.2 Å². The van der Waals surface area contributed by atoms with Crippen molar-refractivity contribution in [2.24, 2.45) is 5.92 Å².